The monoisotopic (exact) mass is 313 g/mol. The summed E-state index contributed by atoms with van der Waals surface area (Å²) in [5, 5.41) is 13.1. The summed E-state index contributed by atoms with van der Waals surface area (Å²) >= 11 is 0. The van der Waals surface area contributed by atoms with E-state index in [4.69, 9.17) is 0 Å². The van der Waals surface area contributed by atoms with Crippen molar-refractivity contribution in [1.29, 1.82) is 0 Å². The molecule has 0 saturated heterocycles. The minimum atomic E-state index is -0.283. The molecule has 2 saturated carbocycles. The van der Waals surface area contributed by atoms with E-state index in [0.29, 0.717) is 17.5 Å². The Kier molecular flexibility index (Phi) is 3.40. The zero-order valence-electron chi connectivity index (χ0n) is 12.6. The summed E-state index contributed by atoms with van der Waals surface area (Å²) in [6, 6.07) is 9.15. The van der Waals surface area contributed by atoms with Crippen LogP contribution in [-0.4, -0.2) is 10.9 Å². The average molecular weight is 313 g/mol. The third-order valence-corrected chi connectivity index (χ3v) is 4.67. The number of oxime groups is 1. The molecule has 0 aliphatic heterocycles. The first-order valence-corrected chi connectivity index (χ1v) is 7.99. The molecule has 2 nitrogen and oxygen atoms in total. The quantitative estimate of drug-likeness (QED) is 0.484. The van der Waals surface area contributed by atoms with Crippen LogP contribution in [0.4, 0.5) is 8.78 Å². The highest BCUT2D eigenvalue weighted by Crippen LogP contribution is 2.45. The fraction of sp³-hybridized carbons (Fsp3) is 0.316. The molecule has 0 radical (unpaired) electrons. The van der Waals surface area contributed by atoms with Gasteiger partial charge in [-0.25, -0.2) is 8.78 Å². The summed E-state index contributed by atoms with van der Waals surface area (Å²) in [6.07, 6.45) is 4.09. The van der Waals surface area contributed by atoms with E-state index < -0.39 is 0 Å². The van der Waals surface area contributed by atoms with Gasteiger partial charge in [0.05, 0.1) is 0 Å². The van der Waals surface area contributed by atoms with Gasteiger partial charge in [0.2, 0.25) is 0 Å². The Balaban J connectivity index is 1.85. The Morgan fingerprint density at radius 3 is 1.61 bits per heavy atom. The van der Waals surface area contributed by atoms with Crippen LogP contribution in [0.1, 0.15) is 59.8 Å². The highest BCUT2D eigenvalue weighted by molar-refractivity contribution is 6.14. The Labute approximate surface area is 133 Å². The van der Waals surface area contributed by atoms with E-state index in [0.717, 1.165) is 47.9 Å². The molecule has 4 heteroatoms. The van der Waals surface area contributed by atoms with Crippen LogP contribution in [-0.2, 0) is 0 Å². The molecule has 0 spiro atoms. The van der Waals surface area contributed by atoms with Crippen LogP contribution in [0.3, 0.4) is 0 Å². The SMILES string of the molecule is ON=C(c1ccc(F)cc1C1CC1)c1ccc(F)cc1C1CC1. The van der Waals surface area contributed by atoms with Crippen LogP contribution in [0.5, 0.6) is 0 Å². The second kappa shape index (κ2) is 5.44. The molecule has 2 aromatic carbocycles. The van der Waals surface area contributed by atoms with Gasteiger partial charge in [0, 0.05) is 11.1 Å². The van der Waals surface area contributed by atoms with Gasteiger partial charge < -0.3 is 5.21 Å². The molecule has 0 amide bonds. The zero-order valence-corrected chi connectivity index (χ0v) is 12.6. The highest BCUT2D eigenvalue weighted by atomic mass is 19.1. The lowest BCUT2D eigenvalue weighted by Gasteiger charge is -2.14. The smallest absolute Gasteiger partial charge is 0.123 e. The largest absolute Gasteiger partial charge is 0.410 e. The van der Waals surface area contributed by atoms with Crippen LogP contribution in [0, 0.1) is 11.6 Å². The Morgan fingerprint density at radius 1 is 0.826 bits per heavy atom. The van der Waals surface area contributed by atoms with Crippen LogP contribution < -0.4 is 0 Å². The van der Waals surface area contributed by atoms with Crippen LogP contribution >= 0.6 is 0 Å². The maximum Gasteiger partial charge on any atom is 0.123 e. The van der Waals surface area contributed by atoms with Crippen LogP contribution in [0.2, 0.25) is 0 Å². The zero-order chi connectivity index (χ0) is 16.0. The summed E-state index contributed by atoms with van der Waals surface area (Å²) in [7, 11) is 0. The molecular formula is C19H17F2NO. The van der Waals surface area contributed by atoms with E-state index in [2.05, 4.69) is 5.16 Å². The first-order chi connectivity index (χ1) is 11.2. The van der Waals surface area contributed by atoms with E-state index in [1.807, 2.05) is 0 Å². The van der Waals surface area contributed by atoms with E-state index in [1.54, 1.807) is 12.1 Å². The minimum absolute atomic E-state index is 0.283. The van der Waals surface area contributed by atoms with Gasteiger partial charge in [-0.05, 0) is 85.0 Å². The molecule has 2 aliphatic carbocycles. The molecule has 2 aliphatic rings. The molecule has 0 aromatic heterocycles. The van der Waals surface area contributed by atoms with Crippen molar-refractivity contribution in [3.8, 4) is 0 Å². The van der Waals surface area contributed by atoms with Gasteiger partial charge in [0.25, 0.3) is 0 Å². The molecule has 2 fully saturated rings. The van der Waals surface area contributed by atoms with E-state index in [1.165, 1.54) is 24.3 Å². The summed E-state index contributed by atoms with van der Waals surface area (Å²) in [5.74, 6) is 0.0773. The second-order valence-electron chi connectivity index (χ2n) is 6.46. The topological polar surface area (TPSA) is 32.6 Å². The van der Waals surface area contributed by atoms with Crippen molar-refractivity contribution in [3.05, 3.63) is 70.3 Å². The Bertz CT molecular complexity index is 728. The standard InChI is InChI=1S/C19H17F2NO/c20-13-5-7-15(17(9-13)11-1-2-11)19(22-23)16-8-6-14(21)10-18(16)12-3-4-12/h5-12,23H,1-4H2. The number of hydrogen-bond donors (Lipinski definition) is 1. The van der Waals surface area contributed by atoms with Crippen molar-refractivity contribution < 1.29 is 14.0 Å². The predicted molar refractivity (Wildman–Crippen MR) is 84.2 cm³/mol. The van der Waals surface area contributed by atoms with Crippen molar-refractivity contribution in [2.45, 2.75) is 37.5 Å². The van der Waals surface area contributed by atoms with Crippen molar-refractivity contribution in [1.82, 2.24) is 0 Å². The van der Waals surface area contributed by atoms with Crippen LogP contribution in [0.15, 0.2) is 41.6 Å². The maximum absolute atomic E-state index is 13.6. The van der Waals surface area contributed by atoms with Gasteiger partial charge in [-0.2, -0.15) is 0 Å². The summed E-state index contributed by atoms with van der Waals surface area (Å²) < 4.78 is 27.2. The highest BCUT2D eigenvalue weighted by Gasteiger charge is 2.31. The normalized spacial score (nSPS) is 17.1. The summed E-state index contributed by atoms with van der Waals surface area (Å²) in [5.41, 5.74) is 3.65. The summed E-state index contributed by atoms with van der Waals surface area (Å²) in [6.45, 7) is 0. The van der Waals surface area contributed by atoms with Gasteiger partial charge in [-0.3, -0.25) is 0 Å². The lowest BCUT2D eigenvalue weighted by atomic mass is 9.91. The molecule has 118 valence electrons. The second-order valence-corrected chi connectivity index (χ2v) is 6.46. The fourth-order valence-corrected chi connectivity index (χ4v) is 3.22. The van der Waals surface area contributed by atoms with Crippen molar-refractivity contribution in [2.24, 2.45) is 5.16 Å². The van der Waals surface area contributed by atoms with Crippen LogP contribution in [0.25, 0.3) is 0 Å². The third-order valence-electron chi connectivity index (χ3n) is 4.67. The van der Waals surface area contributed by atoms with Gasteiger partial charge in [-0.15, -0.1) is 0 Å². The molecule has 0 heterocycles. The molecule has 0 atom stereocenters. The summed E-state index contributed by atoms with van der Waals surface area (Å²) in [4.78, 5) is 0. The lowest BCUT2D eigenvalue weighted by molar-refractivity contribution is 0.319. The van der Waals surface area contributed by atoms with Crippen molar-refractivity contribution in [3.63, 3.8) is 0 Å². The van der Waals surface area contributed by atoms with Crippen molar-refractivity contribution >= 4 is 5.71 Å². The molecule has 1 N–H and O–H groups in total. The number of halogens is 2. The minimum Gasteiger partial charge on any atom is -0.410 e. The van der Waals surface area contributed by atoms with Gasteiger partial charge in [0.15, 0.2) is 0 Å². The number of rotatable bonds is 4. The third kappa shape index (κ3) is 2.74. The number of nitrogens with zero attached hydrogens (tertiary/aromatic N) is 1. The molecule has 0 unspecified atom stereocenters. The molecule has 2 aromatic rings. The van der Waals surface area contributed by atoms with Gasteiger partial charge in [-0.1, -0.05) is 5.16 Å². The molecule has 0 bridgehead atoms. The van der Waals surface area contributed by atoms with E-state index in [9.17, 15) is 14.0 Å². The first-order valence-electron chi connectivity index (χ1n) is 7.99. The van der Waals surface area contributed by atoms with Gasteiger partial charge >= 0.3 is 0 Å². The Hall–Kier alpha value is -2.23. The van der Waals surface area contributed by atoms with E-state index in [-0.39, 0.29) is 11.6 Å². The fourth-order valence-electron chi connectivity index (χ4n) is 3.22. The number of hydrogen-bond acceptors (Lipinski definition) is 2. The maximum atomic E-state index is 13.6. The lowest BCUT2D eigenvalue weighted by Crippen LogP contribution is -2.10. The molecular weight excluding hydrogens is 296 g/mol. The first kappa shape index (κ1) is 14.4. The van der Waals surface area contributed by atoms with Crippen molar-refractivity contribution in [2.75, 3.05) is 0 Å². The Morgan fingerprint density at radius 2 is 1.26 bits per heavy atom. The van der Waals surface area contributed by atoms with Gasteiger partial charge in [0.1, 0.15) is 17.3 Å². The number of benzene rings is 2. The average Bonchev–Trinajstić information content (AvgIpc) is 3.42. The molecule has 23 heavy (non-hydrogen) atoms. The molecule has 4 rings (SSSR count). The van der Waals surface area contributed by atoms with E-state index >= 15 is 0 Å². The predicted octanol–water partition coefficient (Wildman–Crippen LogP) is 4.95.